The molecule has 0 N–H and O–H groups in total. The van der Waals surface area contributed by atoms with Gasteiger partial charge in [-0.05, 0) is 25.8 Å². The Labute approximate surface area is 142 Å². The molecule has 1 aromatic carbocycles. The molecule has 126 valence electrons. The molecular weight excluding hydrogens is 314 g/mol. The van der Waals surface area contributed by atoms with Crippen molar-refractivity contribution in [2.24, 2.45) is 5.41 Å². The third kappa shape index (κ3) is 3.39. The van der Waals surface area contributed by atoms with E-state index in [0.717, 1.165) is 18.4 Å². The van der Waals surface area contributed by atoms with E-state index < -0.39 is 0 Å². The number of rotatable bonds is 2. The average molecular weight is 338 g/mol. The van der Waals surface area contributed by atoms with Gasteiger partial charge in [0.15, 0.2) is 0 Å². The summed E-state index contributed by atoms with van der Waals surface area (Å²) in [7, 11) is 0. The third-order valence-corrected chi connectivity index (χ3v) is 5.40. The Morgan fingerprint density at radius 1 is 1.30 bits per heavy atom. The Morgan fingerprint density at radius 2 is 2.00 bits per heavy atom. The van der Waals surface area contributed by atoms with Crippen molar-refractivity contribution in [3.05, 3.63) is 34.9 Å². The first kappa shape index (κ1) is 16.7. The lowest BCUT2D eigenvalue weighted by Crippen LogP contribution is -2.54. The summed E-state index contributed by atoms with van der Waals surface area (Å²) in [5, 5.41) is 0.691. The van der Waals surface area contributed by atoms with E-state index in [9.17, 15) is 4.79 Å². The van der Waals surface area contributed by atoms with E-state index in [0.29, 0.717) is 31.4 Å². The average Bonchev–Trinajstić information content (AvgIpc) is 2.56. The van der Waals surface area contributed by atoms with E-state index in [1.807, 2.05) is 36.1 Å². The van der Waals surface area contributed by atoms with E-state index in [2.05, 4.69) is 6.92 Å². The summed E-state index contributed by atoms with van der Waals surface area (Å²) in [5.74, 6) is 0.216. The van der Waals surface area contributed by atoms with Crippen LogP contribution < -0.4 is 0 Å². The Morgan fingerprint density at radius 3 is 2.70 bits per heavy atom. The fraction of sp³-hybridized carbons (Fsp3) is 0.611. The highest BCUT2D eigenvalue weighted by Gasteiger charge is 2.42. The highest BCUT2D eigenvalue weighted by atomic mass is 35.5. The van der Waals surface area contributed by atoms with Crippen LogP contribution in [0.3, 0.4) is 0 Å². The molecule has 2 aliphatic heterocycles. The smallest absolute Gasteiger partial charge is 0.229 e. The molecule has 2 atom stereocenters. The molecule has 2 aliphatic rings. The number of carbonyl (C=O) groups excluding carboxylic acids is 1. The summed E-state index contributed by atoms with van der Waals surface area (Å²) in [4.78, 5) is 15.1. The fourth-order valence-corrected chi connectivity index (χ4v) is 3.60. The second kappa shape index (κ2) is 6.80. The van der Waals surface area contributed by atoms with Crippen LogP contribution in [-0.2, 0) is 14.3 Å². The van der Waals surface area contributed by atoms with E-state index in [4.69, 9.17) is 21.1 Å². The van der Waals surface area contributed by atoms with Gasteiger partial charge in [0.25, 0.3) is 0 Å². The van der Waals surface area contributed by atoms with Crippen LogP contribution in [0, 0.1) is 5.41 Å². The van der Waals surface area contributed by atoms with Crippen molar-refractivity contribution in [3.63, 3.8) is 0 Å². The second-order valence-corrected chi connectivity index (χ2v) is 7.23. The van der Waals surface area contributed by atoms with Crippen molar-refractivity contribution in [1.29, 1.82) is 0 Å². The van der Waals surface area contributed by atoms with Crippen LogP contribution in [0.2, 0.25) is 5.02 Å². The van der Waals surface area contributed by atoms with Crippen molar-refractivity contribution >= 4 is 17.5 Å². The van der Waals surface area contributed by atoms with Gasteiger partial charge in [-0.15, -0.1) is 0 Å². The minimum absolute atomic E-state index is 0.0842. The van der Waals surface area contributed by atoms with Crippen LogP contribution in [0.5, 0.6) is 0 Å². The predicted molar refractivity (Wildman–Crippen MR) is 89.5 cm³/mol. The van der Waals surface area contributed by atoms with Gasteiger partial charge in [-0.1, -0.05) is 36.7 Å². The van der Waals surface area contributed by atoms with E-state index in [1.54, 1.807) is 0 Å². The molecule has 0 saturated carbocycles. The number of ether oxygens (including phenoxy) is 2. The summed E-state index contributed by atoms with van der Waals surface area (Å²) in [6, 6.07) is 7.78. The number of morpholine rings is 1. The van der Waals surface area contributed by atoms with E-state index in [-0.39, 0.29) is 23.5 Å². The van der Waals surface area contributed by atoms with Crippen molar-refractivity contribution in [2.45, 2.75) is 38.8 Å². The number of nitrogens with zero attached hydrogens (tertiary/aromatic N) is 1. The molecule has 1 amide bonds. The van der Waals surface area contributed by atoms with Gasteiger partial charge in [0.2, 0.25) is 5.91 Å². The summed E-state index contributed by atoms with van der Waals surface area (Å²) >= 11 is 6.30. The standard InChI is InChI=1S/C18H24ClNO3/c1-13-12-23-16(14-5-3-4-6-15(14)19)11-20(13)17(21)18(2)7-9-22-10-8-18/h3-6,13,16H,7-12H2,1-2H3/t13-,16+/m1/s1. The largest absolute Gasteiger partial charge is 0.381 e. The first-order valence-corrected chi connectivity index (χ1v) is 8.64. The number of halogens is 1. The third-order valence-electron chi connectivity index (χ3n) is 5.06. The van der Waals surface area contributed by atoms with Gasteiger partial charge in [0, 0.05) is 23.8 Å². The van der Waals surface area contributed by atoms with Crippen molar-refractivity contribution in [3.8, 4) is 0 Å². The minimum Gasteiger partial charge on any atom is -0.381 e. The van der Waals surface area contributed by atoms with Crippen LogP contribution in [0.25, 0.3) is 0 Å². The maximum Gasteiger partial charge on any atom is 0.229 e. The quantitative estimate of drug-likeness (QED) is 0.829. The Hall–Kier alpha value is -1.10. The van der Waals surface area contributed by atoms with E-state index in [1.165, 1.54) is 0 Å². The monoisotopic (exact) mass is 337 g/mol. The lowest BCUT2D eigenvalue weighted by Gasteiger charge is -2.44. The van der Waals surface area contributed by atoms with Crippen molar-refractivity contribution in [1.82, 2.24) is 4.90 Å². The molecule has 23 heavy (non-hydrogen) atoms. The molecule has 0 aromatic heterocycles. The fourth-order valence-electron chi connectivity index (χ4n) is 3.35. The molecule has 0 radical (unpaired) electrons. The number of hydrogen-bond donors (Lipinski definition) is 0. The molecule has 3 rings (SSSR count). The first-order valence-electron chi connectivity index (χ1n) is 8.26. The van der Waals surface area contributed by atoms with Gasteiger partial charge >= 0.3 is 0 Å². The Balaban J connectivity index is 1.78. The molecule has 0 spiro atoms. The van der Waals surface area contributed by atoms with Crippen LogP contribution in [0.1, 0.15) is 38.4 Å². The second-order valence-electron chi connectivity index (χ2n) is 6.82. The van der Waals surface area contributed by atoms with Gasteiger partial charge < -0.3 is 14.4 Å². The molecule has 5 heteroatoms. The maximum absolute atomic E-state index is 13.1. The molecule has 2 heterocycles. The van der Waals surface area contributed by atoms with Crippen molar-refractivity contribution < 1.29 is 14.3 Å². The molecule has 2 fully saturated rings. The Bertz CT molecular complexity index is 571. The lowest BCUT2D eigenvalue weighted by atomic mass is 9.80. The number of benzene rings is 1. The first-order chi connectivity index (χ1) is 11.0. The zero-order chi connectivity index (χ0) is 16.4. The van der Waals surface area contributed by atoms with Gasteiger partial charge in [0.1, 0.15) is 6.10 Å². The van der Waals surface area contributed by atoms with Crippen molar-refractivity contribution in [2.75, 3.05) is 26.4 Å². The lowest BCUT2D eigenvalue weighted by molar-refractivity contribution is -0.159. The van der Waals surface area contributed by atoms with Crippen LogP contribution in [-0.4, -0.2) is 43.2 Å². The zero-order valence-electron chi connectivity index (χ0n) is 13.8. The number of carbonyl (C=O) groups is 1. The number of amides is 1. The predicted octanol–water partition coefficient (Wildman–Crippen LogP) is 3.45. The van der Waals surface area contributed by atoms with Crippen LogP contribution >= 0.6 is 11.6 Å². The summed E-state index contributed by atoms with van der Waals surface area (Å²) in [6.45, 7) is 6.52. The molecule has 0 bridgehead atoms. The van der Waals surface area contributed by atoms with E-state index >= 15 is 0 Å². The summed E-state index contributed by atoms with van der Waals surface area (Å²) in [6.07, 6.45) is 1.41. The zero-order valence-corrected chi connectivity index (χ0v) is 14.5. The summed E-state index contributed by atoms with van der Waals surface area (Å²) < 4.78 is 11.4. The van der Waals surface area contributed by atoms with Crippen LogP contribution in [0.4, 0.5) is 0 Å². The summed E-state index contributed by atoms with van der Waals surface area (Å²) in [5.41, 5.74) is 0.630. The van der Waals surface area contributed by atoms with Gasteiger partial charge in [-0.25, -0.2) is 0 Å². The molecule has 0 aliphatic carbocycles. The molecule has 4 nitrogen and oxygen atoms in total. The molecular formula is C18H24ClNO3. The highest BCUT2D eigenvalue weighted by molar-refractivity contribution is 6.31. The van der Waals surface area contributed by atoms with Gasteiger partial charge in [-0.3, -0.25) is 4.79 Å². The number of hydrogen-bond acceptors (Lipinski definition) is 3. The van der Waals surface area contributed by atoms with Crippen LogP contribution in [0.15, 0.2) is 24.3 Å². The minimum atomic E-state index is -0.325. The molecule has 0 unspecified atom stereocenters. The molecule has 2 saturated heterocycles. The van der Waals surface area contributed by atoms with Gasteiger partial charge in [0.05, 0.1) is 24.6 Å². The van der Waals surface area contributed by atoms with Gasteiger partial charge in [-0.2, -0.15) is 0 Å². The normalized spacial score (nSPS) is 27.7. The SMILES string of the molecule is C[C@@H]1CO[C@H](c2ccccc2Cl)CN1C(=O)C1(C)CCOCC1. The topological polar surface area (TPSA) is 38.8 Å². The highest BCUT2D eigenvalue weighted by Crippen LogP contribution is 2.36. The Kier molecular flexibility index (Phi) is 4.95. The molecule has 1 aromatic rings. The maximum atomic E-state index is 13.1.